The van der Waals surface area contributed by atoms with Crippen molar-refractivity contribution in [3.8, 4) is 0 Å². The van der Waals surface area contributed by atoms with Crippen LogP contribution in [-0.4, -0.2) is 30.8 Å². The Morgan fingerprint density at radius 1 is 1.20 bits per heavy atom. The number of Topliss-reactive ketones (excluding diaryl/α,β-unsaturated/α-hetero) is 1. The minimum Gasteiger partial charge on any atom is -0.465 e. The van der Waals surface area contributed by atoms with Gasteiger partial charge in [0, 0.05) is 0 Å². The summed E-state index contributed by atoms with van der Waals surface area (Å²) in [6.07, 6.45) is 0.253. The molecule has 1 unspecified atom stereocenters. The number of esters is 1. The van der Waals surface area contributed by atoms with Crippen molar-refractivity contribution in [2.75, 3.05) is 13.2 Å². The summed E-state index contributed by atoms with van der Waals surface area (Å²) in [4.78, 5) is 34.8. The molecule has 0 aromatic heterocycles. The number of carbonyl (C=O) groups is 3. The molecule has 5 nitrogen and oxygen atoms in total. The average molecular weight is 277 g/mol. The number of ketones is 1. The lowest BCUT2D eigenvalue weighted by molar-refractivity contribution is -0.152. The molecule has 0 saturated heterocycles. The second-order valence-corrected chi connectivity index (χ2v) is 4.41. The van der Waals surface area contributed by atoms with E-state index in [1.165, 1.54) is 6.92 Å². The van der Waals surface area contributed by atoms with Gasteiger partial charge in [0.2, 0.25) is 5.91 Å². The monoisotopic (exact) mass is 277 g/mol. The second kappa shape index (κ2) is 8.09. The van der Waals surface area contributed by atoms with Gasteiger partial charge in [0.05, 0.1) is 13.2 Å². The Kier molecular flexibility index (Phi) is 6.43. The van der Waals surface area contributed by atoms with Crippen LogP contribution in [-0.2, 0) is 25.5 Å². The maximum absolute atomic E-state index is 12.0. The molecule has 1 rings (SSSR count). The van der Waals surface area contributed by atoms with Crippen LogP contribution in [0.5, 0.6) is 0 Å². The smallest absolute Gasteiger partial charge is 0.318 e. The van der Waals surface area contributed by atoms with E-state index >= 15 is 0 Å². The minimum absolute atomic E-state index is 0.0798. The van der Waals surface area contributed by atoms with Crippen molar-refractivity contribution in [1.29, 1.82) is 0 Å². The normalized spacial score (nSPS) is 11.5. The van der Waals surface area contributed by atoms with Gasteiger partial charge < -0.3 is 10.1 Å². The third-order valence-electron chi connectivity index (χ3n) is 2.68. The third kappa shape index (κ3) is 5.22. The highest BCUT2D eigenvalue weighted by atomic mass is 16.5. The molecule has 0 fully saturated rings. The maximum atomic E-state index is 12.0. The van der Waals surface area contributed by atoms with Crippen LogP contribution in [0, 0.1) is 5.92 Å². The van der Waals surface area contributed by atoms with Crippen LogP contribution in [0.4, 0.5) is 0 Å². The molecule has 1 aromatic rings. The molecule has 0 aliphatic carbocycles. The Labute approximate surface area is 118 Å². The molecule has 0 radical (unpaired) electrons. The van der Waals surface area contributed by atoms with E-state index in [1.54, 1.807) is 6.92 Å². The molecule has 5 heteroatoms. The molecule has 1 amide bonds. The Morgan fingerprint density at radius 3 is 2.40 bits per heavy atom. The quantitative estimate of drug-likeness (QED) is 0.598. The van der Waals surface area contributed by atoms with Crippen LogP contribution in [0.2, 0.25) is 0 Å². The van der Waals surface area contributed by atoms with Crippen LogP contribution in [0.15, 0.2) is 30.3 Å². The average Bonchev–Trinajstić information content (AvgIpc) is 2.43. The lowest BCUT2D eigenvalue weighted by atomic mass is 9.98. The van der Waals surface area contributed by atoms with Gasteiger partial charge in [0.15, 0.2) is 0 Å². The summed E-state index contributed by atoms with van der Waals surface area (Å²) < 4.78 is 4.92. The number of ether oxygens (including phenoxy) is 1. The van der Waals surface area contributed by atoms with E-state index in [9.17, 15) is 14.4 Å². The standard InChI is InChI=1S/C15H19NO4/c1-3-20-15(19)13(14(18)16-10-11(2)17)9-12-7-5-4-6-8-12/h4-8,13H,3,9-10H2,1-2H3,(H,16,18). The fourth-order valence-corrected chi connectivity index (χ4v) is 1.71. The van der Waals surface area contributed by atoms with Crippen LogP contribution in [0.25, 0.3) is 0 Å². The summed E-state index contributed by atoms with van der Waals surface area (Å²) in [6.45, 7) is 3.19. The first kappa shape index (κ1) is 15.9. The third-order valence-corrected chi connectivity index (χ3v) is 2.68. The van der Waals surface area contributed by atoms with Crippen molar-refractivity contribution in [3.05, 3.63) is 35.9 Å². The van der Waals surface area contributed by atoms with E-state index in [0.29, 0.717) is 0 Å². The van der Waals surface area contributed by atoms with Gasteiger partial charge in [-0.1, -0.05) is 30.3 Å². The molecular formula is C15H19NO4. The highest BCUT2D eigenvalue weighted by Crippen LogP contribution is 2.11. The van der Waals surface area contributed by atoms with Gasteiger partial charge in [-0.15, -0.1) is 0 Å². The van der Waals surface area contributed by atoms with E-state index in [2.05, 4.69) is 5.32 Å². The first-order chi connectivity index (χ1) is 9.54. The van der Waals surface area contributed by atoms with Gasteiger partial charge in [-0.2, -0.15) is 0 Å². The summed E-state index contributed by atoms with van der Waals surface area (Å²) in [5, 5.41) is 2.45. The SMILES string of the molecule is CCOC(=O)C(Cc1ccccc1)C(=O)NCC(C)=O. The Bertz CT molecular complexity index is 470. The number of benzene rings is 1. The summed E-state index contributed by atoms with van der Waals surface area (Å²) in [5.74, 6) is -2.16. The van der Waals surface area contributed by atoms with E-state index in [4.69, 9.17) is 4.74 Å². The highest BCUT2D eigenvalue weighted by Gasteiger charge is 2.28. The molecule has 20 heavy (non-hydrogen) atoms. The molecular weight excluding hydrogens is 258 g/mol. The topological polar surface area (TPSA) is 72.5 Å². The minimum atomic E-state index is -0.934. The van der Waals surface area contributed by atoms with Crippen molar-refractivity contribution in [3.63, 3.8) is 0 Å². The molecule has 0 saturated carbocycles. The summed E-state index contributed by atoms with van der Waals surface area (Å²) in [6, 6.07) is 9.21. The lowest BCUT2D eigenvalue weighted by Gasteiger charge is -2.15. The molecule has 0 heterocycles. The van der Waals surface area contributed by atoms with E-state index < -0.39 is 17.8 Å². The number of amides is 1. The van der Waals surface area contributed by atoms with Gasteiger partial charge in [0.25, 0.3) is 0 Å². The zero-order chi connectivity index (χ0) is 15.0. The predicted molar refractivity (Wildman–Crippen MR) is 74.0 cm³/mol. The summed E-state index contributed by atoms with van der Waals surface area (Å²) in [7, 11) is 0. The highest BCUT2D eigenvalue weighted by molar-refractivity contribution is 5.99. The van der Waals surface area contributed by atoms with Crippen LogP contribution >= 0.6 is 0 Å². The molecule has 0 aliphatic rings. The Morgan fingerprint density at radius 2 is 1.85 bits per heavy atom. The van der Waals surface area contributed by atoms with Crippen molar-refractivity contribution < 1.29 is 19.1 Å². The maximum Gasteiger partial charge on any atom is 0.318 e. The Balaban J connectivity index is 2.76. The van der Waals surface area contributed by atoms with Crippen molar-refractivity contribution >= 4 is 17.7 Å². The van der Waals surface area contributed by atoms with Gasteiger partial charge >= 0.3 is 5.97 Å². The van der Waals surface area contributed by atoms with Gasteiger partial charge in [0.1, 0.15) is 11.7 Å². The van der Waals surface area contributed by atoms with Gasteiger partial charge in [-0.3, -0.25) is 14.4 Å². The van der Waals surface area contributed by atoms with E-state index in [1.807, 2.05) is 30.3 Å². The van der Waals surface area contributed by atoms with Gasteiger partial charge in [-0.05, 0) is 25.8 Å². The number of nitrogens with one attached hydrogen (secondary N) is 1. The zero-order valence-electron chi connectivity index (χ0n) is 11.7. The summed E-state index contributed by atoms with van der Waals surface area (Å²) in [5.41, 5.74) is 0.864. The van der Waals surface area contributed by atoms with Crippen molar-refractivity contribution in [2.45, 2.75) is 20.3 Å². The Hall–Kier alpha value is -2.17. The molecule has 1 N–H and O–H groups in total. The molecule has 1 atom stereocenters. The van der Waals surface area contributed by atoms with E-state index in [0.717, 1.165) is 5.56 Å². The lowest BCUT2D eigenvalue weighted by Crippen LogP contribution is -2.39. The number of hydrogen-bond donors (Lipinski definition) is 1. The van der Waals surface area contributed by atoms with Gasteiger partial charge in [-0.25, -0.2) is 0 Å². The molecule has 0 bridgehead atoms. The number of rotatable bonds is 7. The zero-order valence-corrected chi connectivity index (χ0v) is 11.7. The largest absolute Gasteiger partial charge is 0.465 e. The molecule has 108 valence electrons. The second-order valence-electron chi connectivity index (χ2n) is 4.41. The van der Waals surface area contributed by atoms with Crippen molar-refractivity contribution in [2.24, 2.45) is 5.92 Å². The molecule has 0 spiro atoms. The van der Waals surface area contributed by atoms with Crippen LogP contribution in [0.3, 0.4) is 0 Å². The molecule has 0 aliphatic heterocycles. The fraction of sp³-hybridized carbons (Fsp3) is 0.400. The fourth-order valence-electron chi connectivity index (χ4n) is 1.71. The number of carbonyl (C=O) groups excluding carboxylic acids is 3. The van der Waals surface area contributed by atoms with Crippen molar-refractivity contribution in [1.82, 2.24) is 5.32 Å². The molecule has 1 aromatic carbocycles. The number of hydrogen-bond acceptors (Lipinski definition) is 4. The first-order valence-corrected chi connectivity index (χ1v) is 6.52. The van der Waals surface area contributed by atoms with E-state index in [-0.39, 0.29) is 25.4 Å². The first-order valence-electron chi connectivity index (χ1n) is 6.52. The van der Waals surface area contributed by atoms with Crippen LogP contribution < -0.4 is 5.32 Å². The van der Waals surface area contributed by atoms with Crippen LogP contribution in [0.1, 0.15) is 19.4 Å². The predicted octanol–water partition coefficient (Wildman–Crippen LogP) is 1.11. The summed E-state index contributed by atoms with van der Waals surface area (Å²) >= 11 is 0.